The van der Waals surface area contributed by atoms with Crippen molar-refractivity contribution in [2.75, 3.05) is 0 Å². The van der Waals surface area contributed by atoms with E-state index < -0.39 is 0 Å². The molecule has 0 spiro atoms. The van der Waals surface area contributed by atoms with E-state index in [-0.39, 0.29) is 11.3 Å². The van der Waals surface area contributed by atoms with E-state index in [0.29, 0.717) is 34.3 Å². The molecule has 9 atom stereocenters. The maximum absolute atomic E-state index is 13.7. The van der Waals surface area contributed by atoms with Gasteiger partial charge >= 0.3 is 0 Å². The molecule has 33 heavy (non-hydrogen) atoms. The van der Waals surface area contributed by atoms with Gasteiger partial charge in [0.05, 0.1) is 18.3 Å². The molecule has 5 rings (SSSR count). The van der Waals surface area contributed by atoms with Gasteiger partial charge in [0.15, 0.2) is 5.78 Å². The van der Waals surface area contributed by atoms with Crippen LogP contribution in [0.15, 0.2) is 12.4 Å². The van der Waals surface area contributed by atoms with Gasteiger partial charge in [0, 0.05) is 17.4 Å². The molecule has 0 amide bonds. The first-order chi connectivity index (χ1) is 15.8. The topological polar surface area (TPSA) is 58.7 Å². The predicted molar refractivity (Wildman–Crippen MR) is 134 cm³/mol. The molecule has 5 heteroatoms. The van der Waals surface area contributed by atoms with Gasteiger partial charge in [0.1, 0.15) is 6.07 Å². The van der Waals surface area contributed by atoms with Crippen LogP contribution < -0.4 is 0 Å². The highest BCUT2D eigenvalue weighted by molar-refractivity contribution is 8.00. The zero-order valence-electron chi connectivity index (χ0n) is 20.9. The fourth-order valence-electron chi connectivity index (χ4n) is 8.88. The number of aromatic nitrogens is 2. The summed E-state index contributed by atoms with van der Waals surface area (Å²) < 4.78 is 1.68. The van der Waals surface area contributed by atoms with Crippen LogP contribution >= 0.6 is 11.8 Å². The van der Waals surface area contributed by atoms with Gasteiger partial charge in [-0.3, -0.25) is 9.48 Å². The molecule has 0 N–H and O–H groups in total. The molecule has 0 aromatic carbocycles. The summed E-state index contributed by atoms with van der Waals surface area (Å²) in [5, 5.41) is 14.6. The van der Waals surface area contributed by atoms with Crippen LogP contribution in [0, 0.1) is 58.2 Å². The summed E-state index contributed by atoms with van der Waals surface area (Å²) in [6, 6.07) is 2.13. The summed E-state index contributed by atoms with van der Waals surface area (Å²) >= 11 is 2.15. The van der Waals surface area contributed by atoms with E-state index in [9.17, 15) is 4.79 Å². The molecule has 9 unspecified atom stereocenters. The van der Waals surface area contributed by atoms with Gasteiger partial charge in [-0.25, -0.2) is 0 Å². The van der Waals surface area contributed by atoms with Crippen molar-refractivity contribution >= 4 is 17.5 Å². The molecule has 1 aromatic rings. The number of Topliss-reactive ketones (excluding diaryl/α,β-unsaturated/α-hetero) is 1. The van der Waals surface area contributed by atoms with E-state index in [4.69, 9.17) is 5.26 Å². The van der Waals surface area contributed by atoms with Crippen molar-refractivity contribution in [3.05, 3.63) is 18.0 Å². The SMILES string of the molecule is CC1CCC2C(CCC3C2CCC2(C)C(C(=O)Cn4cc(C#N)cn4)CC(SC(C)C)C32)C1. The van der Waals surface area contributed by atoms with E-state index in [1.165, 1.54) is 44.9 Å². The van der Waals surface area contributed by atoms with Crippen LogP contribution in [0.2, 0.25) is 0 Å². The third-order valence-electron chi connectivity index (χ3n) is 10.1. The average molecular weight is 468 g/mol. The van der Waals surface area contributed by atoms with Gasteiger partial charge < -0.3 is 0 Å². The molecule has 4 fully saturated rings. The smallest absolute Gasteiger partial charge is 0.157 e. The number of fused-ring (bicyclic) bond motifs is 5. The Balaban J connectivity index is 1.40. The summed E-state index contributed by atoms with van der Waals surface area (Å²) in [6.07, 6.45) is 14.0. The van der Waals surface area contributed by atoms with Gasteiger partial charge in [0.2, 0.25) is 0 Å². The number of carbonyl (C=O) groups excluding carboxylic acids is 1. The molecule has 180 valence electrons. The Kier molecular flexibility index (Phi) is 6.44. The van der Waals surface area contributed by atoms with Crippen molar-refractivity contribution in [3.63, 3.8) is 0 Å². The molecule has 4 nitrogen and oxygen atoms in total. The third kappa shape index (κ3) is 4.19. The fraction of sp³-hybridized carbons (Fsp3) is 0.821. The quantitative estimate of drug-likeness (QED) is 0.506. The standard InChI is InChI=1S/C28H41N3OS/c1-17(2)33-26-12-24(25(32)16-31-15-19(13-29)14-30-31)28(4)10-9-22-21-7-5-18(3)11-20(21)6-8-23(22)27(26)28/h14-15,17-18,20-24,26-27H,5-12,16H2,1-4H3. The van der Waals surface area contributed by atoms with Crippen LogP contribution in [-0.4, -0.2) is 26.1 Å². The van der Waals surface area contributed by atoms with Gasteiger partial charge in [-0.05, 0) is 91.1 Å². The van der Waals surface area contributed by atoms with Crippen molar-refractivity contribution in [1.29, 1.82) is 5.26 Å². The molecular weight excluding hydrogens is 426 g/mol. The van der Waals surface area contributed by atoms with Crippen molar-refractivity contribution in [1.82, 2.24) is 9.78 Å². The first kappa shape index (κ1) is 23.5. The summed E-state index contributed by atoms with van der Waals surface area (Å²) in [5.41, 5.74) is 0.649. The van der Waals surface area contributed by atoms with E-state index >= 15 is 0 Å². The zero-order chi connectivity index (χ0) is 23.3. The molecule has 4 saturated carbocycles. The highest BCUT2D eigenvalue weighted by Crippen LogP contribution is 2.66. The molecule has 4 aliphatic carbocycles. The minimum absolute atomic E-state index is 0.116. The van der Waals surface area contributed by atoms with E-state index in [1.54, 1.807) is 17.1 Å². The molecular formula is C28H41N3OS. The van der Waals surface area contributed by atoms with E-state index in [2.05, 4.69) is 50.6 Å². The number of nitrogens with zero attached hydrogens (tertiary/aromatic N) is 3. The number of nitriles is 1. The summed E-state index contributed by atoms with van der Waals surface area (Å²) in [6.45, 7) is 9.89. The second kappa shape index (κ2) is 9.06. The largest absolute Gasteiger partial charge is 0.297 e. The maximum Gasteiger partial charge on any atom is 0.157 e. The number of ketones is 1. The minimum Gasteiger partial charge on any atom is -0.297 e. The lowest BCUT2D eigenvalue weighted by Gasteiger charge is -2.57. The molecule has 0 bridgehead atoms. The second-order valence-electron chi connectivity index (χ2n) is 12.3. The van der Waals surface area contributed by atoms with Crippen LogP contribution in [0.4, 0.5) is 0 Å². The van der Waals surface area contributed by atoms with Gasteiger partial charge in [0.25, 0.3) is 0 Å². The highest BCUT2D eigenvalue weighted by atomic mass is 32.2. The Bertz CT molecular complexity index is 918. The molecule has 0 radical (unpaired) electrons. The van der Waals surface area contributed by atoms with Gasteiger partial charge in [-0.15, -0.1) is 0 Å². The fourth-order valence-corrected chi connectivity index (χ4v) is 10.6. The van der Waals surface area contributed by atoms with Crippen molar-refractivity contribution in [3.8, 4) is 6.07 Å². The van der Waals surface area contributed by atoms with E-state index in [0.717, 1.165) is 36.0 Å². The third-order valence-corrected chi connectivity index (χ3v) is 11.5. The molecule has 1 aromatic heterocycles. The number of thioether (sulfide) groups is 1. The summed E-state index contributed by atoms with van der Waals surface area (Å²) in [4.78, 5) is 13.7. The number of rotatable bonds is 5. The maximum atomic E-state index is 13.7. The number of carbonyl (C=O) groups is 1. The minimum atomic E-state index is 0.116. The van der Waals surface area contributed by atoms with Crippen LogP contribution in [0.5, 0.6) is 0 Å². The van der Waals surface area contributed by atoms with Gasteiger partial charge in [-0.2, -0.15) is 22.1 Å². The van der Waals surface area contributed by atoms with Crippen molar-refractivity contribution < 1.29 is 4.79 Å². The number of hydrogen-bond donors (Lipinski definition) is 0. The molecule has 0 aliphatic heterocycles. The molecule has 1 heterocycles. The van der Waals surface area contributed by atoms with Crippen LogP contribution in [0.25, 0.3) is 0 Å². The van der Waals surface area contributed by atoms with Crippen molar-refractivity contribution in [2.24, 2.45) is 46.8 Å². The lowest BCUT2D eigenvalue weighted by Crippen LogP contribution is -2.51. The monoisotopic (exact) mass is 467 g/mol. The van der Waals surface area contributed by atoms with Gasteiger partial charge in [-0.1, -0.05) is 34.1 Å². The summed E-state index contributed by atoms with van der Waals surface area (Å²) in [7, 11) is 0. The zero-order valence-corrected chi connectivity index (χ0v) is 21.7. The Morgan fingerprint density at radius 2 is 2.00 bits per heavy atom. The lowest BCUT2D eigenvalue weighted by molar-refractivity contribution is -0.131. The first-order valence-corrected chi connectivity index (χ1v) is 14.3. The van der Waals surface area contributed by atoms with E-state index in [1.807, 2.05) is 0 Å². The van der Waals surface area contributed by atoms with Crippen LogP contribution in [0.3, 0.4) is 0 Å². The number of hydrogen-bond acceptors (Lipinski definition) is 4. The molecule has 0 saturated heterocycles. The highest BCUT2D eigenvalue weighted by Gasteiger charge is 2.61. The Labute approximate surface area is 204 Å². The normalized spacial score (nSPS) is 42.3. The Morgan fingerprint density at radius 1 is 1.21 bits per heavy atom. The Hall–Kier alpha value is -1.28. The van der Waals surface area contributed by atoms with Crippen LogP contribution in [0.1, 0.15) is 84.6 Å². The summed E-state index contributed by atoms with van der Waals surface area (Å²) in [5.74, 6) is 5.65. The molecule has 4 aliphatic rings. The van der Waals surface area contributed by atoms with Crippen molar-refractivity contribution in [2.45, 2.75) is 96.1 Å². The Morgan fingerprint density at radius 3 is 2.73 bits per heavy atom. The van der Waals surface area contributed by atoms with Crippen LogP contribution in [-0.2, 0) is 11.3 Å². The average Bonchev–Trinajstić information content (AvgIpc) is 3.34. The predicted octanol–water partition coefficient (Wildman–Crippen LogP) is 6.35. The lowest BCUT2D eigenvalue weighted by atomic mass is 9.49. The second-order valence-corrected chi connectivity index (χ2v) is 14.2. The first-order valence-electron chi connectivity index (χ1n) is 13.4.